The molecule has 4 amide bonds. The van der Waals surface area contributed by atoms with Crippen LogP contribution in [0.4, 0.5) is 15.3 Å². The number of hydrogen-bond donors (Lipinski definition) is 3. The van der Waals surface area contributed by atoms with Crippen molar-refractivity contribution in [3.05, 3.63) is 65.2 Å². The Kier molecular flexibility index (Phi) is 11.3. The van der Waals surface area contributed by atoms with Crippen LogP contribution in [0, 0.1) is 23.7 Å². The van der Waals surface area contributed by atoms with Crippen LogP contribution in [0.5, 0.6) is 0 Å². The molecule has 1 saturated heterocycles. The third kappa shape index (κ3) is 7.79. The first kappa shape index (κ1) is 35.7. The fourth-order valence-corrected chi connectivity index (χ4v) is 9.09. The normalized spacial score (nSPS) is 23.3. The van der Waals surface area contributed by atoms with Gasteiger partial charge >= 0.3 is 18.1 Å². The summed E-state index contributed by atoms with van der Waals surface area (Å²) in [5, 5.41) is 9.26. The Morgan fingerprint density at radius 1 is 0.900 bits per heavy atom. The van der Waals surface area contributed by atoms with Gasteiger partial charge in [0.1, 0.15) is 18.2 Å². The van der Waals surface area contributed by atoms with E-state index < -0.39 is 23.6 Å². The molecule has 3 aliphatic carbocycles. The minimum Gasteiger partial charge on any atom is -0.467 e. The van der Waals surface area contributed by atoms with Gasteiger partial charge in [0.15, 0.2) is 0 Å². The lowest BCUT2D eigenvalue weighted by Gasteiger charge is -2.41. The van der Waals surface area contributed by atoms with Crippen molar-refractivity contribution in [1.29, 1.82) is 0 Å². The number of nitrogens with zero attached hydrogens (tertiary/aromatic N) is 1. The highest BCUT2D eigenvalue weighted by molar-refractivity contribution is 5.97. The number of urea groups is 1. The van der Waals surface area contributed by atoms with Gasteiger partial charge in [-0.15, -0.1) is 0 Å². The Hall–Kier alpha value is -4.08. The Bertz CT molecular complexity index is 1500. The van der Waals surface area contributed by atoms with Crippen LogP contribution in [-0.2, 0) is 38.5 Å². The van der Waals surface area contributed by atoms with Crippen LogP contribution >= 0.6 is 0 Å². The van der Waals surface area contributed by atoms with Crippen molar-refractivity contribution in [3.63, 3.8) is 0 Å². The molecule has 10 nitrogen and oxygen atoms in total. The molecule has 1 heterocycles. The Morgan fingerprint density at radius 2 is 1.54 bits per heavy atom. The van der Waals surface area contributed by atoms with Gasteiger partial charge in [0.2, 0.25) is 5.91 Å². The fraction of sp³-hybridized carbons (Fsp3) is 0.600. The third-order valence-corrected chi connectivity index (χ3v) is 11.8. The zero-order chi connectivity index (χ0) is 35.3. The van der Waals surface area contributed by atoms with E-state index in [2.05, 4.69) is 29.8 Å². The predicted molar refractivity (Wildman–Crippen MR) is 191 cm³/mol. The van der Waals surface area contributed by atoms with Crippen molar-refractivity contribution in [2.24, 2.45) is 23.7 Å². The molecule has 6 rings (SSSR count). The molecule has 2 saturated carbocycles. The lowest BCUT2D eigenvalue weighted by molar-refractivity contribution is -0.152. The number of amides is 4. The highest BCUT2D eigenvalue weighted by Crippen LogP contribution is 2.43. The third-order valence-electron chi connectivity index (χ3n) is 11.8. The number of alkyl carbamates (subject to hydrolysis) is 1. The van der Waals surface area contributed by atoms with E-state index >= 15 is 0 Å². The number of esters is 1. The van der Waals surface area contributed by atoms with Gasteiger partial charge < -0.3 is 30.3 Å². The van der Waals surface area contributed by atoms with E-state index in [0.29, 0.717) is 30.5 Å². The first-order valence-electron chi connectivity index (χ1n) is 18.7. The minimum absolute atomic E-state index is 0.00357. The number of methoxy groups -OCH3 is 1. The van der Waals surface area contributed by atoms with Crippen LogP contribution in [-0.4, -0.2) is 60.2 Å². The lowest BCUT2D eigenvalue weighted by atomic mass is 9.66. The molecule has 0 aromatic heterocycles. The SMILES string of the molecule is COC(=O)C1(N2C[C@@H](C(C)C)NC2=O)Cc2ccc(NC(=O)[C@@H](NC(=O)OCc3ccccc3)C(C3CCCCC3)C3CCCCC3)cc2C1. The number of carbonyl (C=O) groups is 4. The summed E-state index contributed by atoms with van der Waals surface area (Å²) in [4.78, 5) is 56.1. The molecule has 1 aliphatic heterocycles. The zero-order valence-corrected chi connectivity index (χ0v) is 29.9. The summed E-state index contributed by atoms with van der Waals surface area (Å²) in [6, 6.07) is 14.2. The maximum Gasteiger partial charge on any atom is 0.408 e. The number of ether oxygens (including phenoxy) is 2. The number of fused-ring (bicyclic) bond motifs is 1. The maximum absolute atomic E-state index is 14.5. The molecule has 2 aromatic rings. The standard InChI is InChI=1S/C40H54N4O6/c1-26(2)33-24-44(38(47)42-33)40(37(46)49-3)22-30-19-20-32(21-31(30)23-40)41-36(45)35(43-39(48)50-25-27-13-7-4-8-14-27)34(28-15-9-5-10-16-28)29-17-11-6-12-18-29/h4,7-8,13-14,19-21,26,28-29,33-35H,5-6,9-12,15-18,22-25H2,1-3H3,(H,41,45)(H,42,47)(H,43,48)/t33-,35-,40?/m0/s1. The Labute approximate surface area is 296 Å². The van der Waals surface area contributed by atoms with Crippen molar-refractivity contribution in [2.75, 3.05) is 19.0 Å². The van der Waals surface area contributed by atoms with E-state index in [4.69, 9.17) is 9.47 Å². The van der Waals surface area contributed by atoms with E-state index in [1.807, 2.05) is 48.5 Å². The van der Waals surface area contributed by atoms with E-state index in [9.17, 15) is 19.2 Å². The molecule has 4 aliphatic rings. The summed E-state index contributed by atoms with van der Waals surface area (Å²) in [6.07, 6.45) is 11.2. The molecular weight excluding hydrogens is 632 g/mol. The molecule has 3 atom stereocenters. The number of hydrogen-bond acceptors (Lipinski definition) is 6. The summed E-state index contributed by atoms with van der Waals surface area (Å²) in [7, 11) is 1.36. The monoisotopic (exact) mass is 686 g/mol. The van der Waals surface area contributed by atoms with Gasteiger partial charge in [0.25, 0.3) is 0 Å². The second kappa shape index (κ2) is 15.9. The summed E-state index contributed by atoms with van der Waals surface area (Å²) < 4.78 is 11.0. The molecule has 10 heteroatoms. The number of benzene rings is 2. The second-order valence-electron chi connectivity index (χ2n) is 15.3. The van der Waals surface area contributed by atoms with Gasteiger partial charge in [0.05, 0.1) is 13.2 Å². The molecule has 0 spiro atoms. The number of rotatable bonds is 11. The summed E-state index contributed by atoms with van der Waals surface area (Å²) in [5.41, 5.74) is 2.14. The van der Waals surface area contributed by atoms with Gasteiger partial charge in [-0.2, -0.15) is 0 Å². The number of nitrogens with one attached hydrogen (secondary N) is 3. The molecule has 50 heavy (non-hydrogen) atoms. The predicted octanol–water partition coefficient (Wildman–Crippen LogP) is 6.76. The van der Waals surface area contributed by atoms with Crippen LogP contribution in [0.2, 0.25) is 0 Å². The molecule has 3 fully saturated rings. The average molecular weight is 687 g/mol. The number of carbonyl (C=O) groups excluding carboxylic acids is 4. The van der Waals surface area contributed by atoms with Gasteiger partial charge in [-0.25, -0.2) is 14.4 Å². The molecule has 270 valence electrons. The molecule has 3 N–H and O–H groups in total. The Balaban J connectivity index is 1.24. The average Bonchev–Trinajstić information content (AvgIpc) is 3.73. The zero-order valence-electron chi connectivity index (χ0n) is 29.9. The topological polar surface area (TPSA) is 126 Å². The first-order valence-corrected chi connectivity index (χ1v) is 18.7. The van der Waals surface area contributed by atoms with Crippen LogP contribution < -0.4 is 16.0 Å². The largest absolute Gasteiger partial charge is 0.467 e. The summed E-state index contributed by atoms with van der Waals surface area (Å²) >= 11 is 0. The highest BCUT2D eigenvalue weighted by Gasteiger charge is 2.54. The van der Waals surface area contributed by atoms with E-state index in [1.165, 1.54) is 20.0 Å². The van der Waals surface area contributed by atoms with E-state index in [0.717, 1.165) is 68.1 Å². The van der Waals surface area contributed by atoms with Gasteiger partial charge in [0, 0.05) is 25.1 Å². The van der Waals surface area contributed by atoms with Crippen LogP contribution in [0.15, 0.2) is 48.5 Å². The van der Waals surface area contributed by atoms with Crippen molar-refractivity contribution >= 4 is 29.7 Å². The maximum atomic E-state index is 14.5. The molecule has 2 aromatic carbocycles. The lowest BCUT2D eigenvalue weighted by Crippen LogP contribution is -2.57. The van der Waals surface area contributed by atoms with E-state index in [-0.39, 0.29) is 42.8 Å². The highest BCUT2D eigenvalue weighted by atomic mass is 16.5. The van der Waals surface area contributed by atoms with Crippen molar-refractivity contribution in [1.82, 2.24) is 15.5 Å². The van der Waals surface area contributed by atoms with Crippen LogP contribution in [0.25, 0.3) is 0 Å². The van der Waals surface area contributed by atoms with Gasteiger partial charge in [-0.3, -0.25) is 4.79 Å². The molecular formula is C40H54N4O6. The molecule has 1 unspecified atom stereocenters. The van der Waals surface area contributed by atoms with Crippen LogP contribution in [0.1, 0.15) is 94.7 Å². The first-order chi connectivity index (χ1) is 24.2. The van der Waals surface area contributed by atoms with Gasteiger partial charge in [-0.05, 0) is 52.5 Å². The number of anilines is 1. The molecule has 0 bridgehead atoms. The van der Waals surface area contributed by atoms with Gasteiger partial charge in [-0.1, -0.05) is 114 Å². The quantitative estimate of drug-likeness (QED) is 0.225. The van der Waals surface area contributed by atoms with Crippen molar-refractivity contribution in [2.45, 2.75) is 115 Å². The van der Waals surface area contributed by atoms with Crippen molar-refractivity contribution < 1.29 is 28.7 Å². The second-order valence-corrected chi connectivity index (χ2v) is 15.3. The summed E-state index contributed by atoms with van der Waals surface area (Å²) in [6.45, 7) is 4.64. The minimum atomic E-state index is -1.16. The fourth-order valence-electron chi connectivity index (χ4n) is 9.09. The van der Waals surface area contributed by atoms with E-state index in [1.54, 1.807) is 4.90 Å². The Morgan fingerprint density at radius 3 is 2.14 bits per heavy atom. The smallest absolute Gasteiger partial charge is 0.408 e. The van der Waals surface area contributed by atoms with Crippen molar-refractivity contribution in [3.8, 4) is 0 Å². The molecule has 0 radical (unpaired) electrons. The summed E-state index contributed by atoms with van der Waals surface area (Å²) in [5.74, 6) is 0.216. The van der Waals surface area contributed by atoms with Crippen LogP contribution in [0.3, 0.4) is 0 Å².